The Morgan fingerprint density at radius 2 is 1.79 bits per heavy atom. The van der Waals surface area contributed by atoms with Crippen LogP contribution in [-0.2, 0) is 16.0 Å². The van der Waals surface area contributed by atoms with Crippen molar-refractivity contribution in [1.82, 2.24) is 10.2 Å². The molecule has 1 saturated heterocycles. The molecular formula is C26H28N4O3S. The van der Waals surface area contributed by atoms with E-state index < -0.39 is 5.25 Å². The third-order valence-electron chi connectivity index (χ3n) is 6.58. The van der Waals surface area contributed by atoms with Crippen LogP contribution >= 0.6 is 11.8 Å². The summed E-state index contributed by atoms with van der Waals surface area (Å²) in [5.41, 5.74) is 3.64. The zero-order valence-electron chi connectivity index (χ0n) is 19.0. The number of hydrogen-bond donors (Lipinski definition) is 2. The smallest absolute Gasteiger partial charge is 0.262 e. The molecule has 0 aromatic heterocycles. The molecule has 2 N–H and O–H groups in total. The number of aryl methyl sites for hydroxylation is 1. The number of likely N-dealkylation sites (tertiary alicyclic amines) is 1. The predicted molar refractivity (Wildman–Crippen MR) is 134 cm³/mol. The van der Waals surface area contributed by atoms with Crippen molar-refractivity contribution in [2.24, 2.45) is 4.99 Å². The minimum Gasteiger partial charge on any atom is -0.351 e. The highest BCUT2D eigenvalue weighted by atomic mass is 32.2. The first-order valence-corrected chi connectivity index (χ1v) is 12.8. The van der Waals surface area contributed by atoms with E-state index in [0.29, 0.717) is 11.3 Å². The van der Waals surface area contributed by atoms with Crippen LogP contribution in [0.4, 0.5) is 5.69 Å². The molecule has 2 aliphatic heterocycles. The maximum absolute atomic E-state index is 12.8. The zero-order chi connectivity index (χ0) is 23.5. The van der Waals surface area contributed by atoms with Gasteiger partial charge in [-0.25, -0.2) is 0 Å². The maximum Gasteiger partial charge on any atom is 0.262 e. The van der Waals surface area contributed by atoms with Crippen LogP contribution in [0.3, 0.4) is 0 Å². The van der Waals surface area contributed by atoms with Crippen molar-refractivity contribution in [3.05, 3.63) is 65.2 Å². The molecule has 0 saturated carbocycles. The van der Waals surface area contributed by atoms with E-state index in [1.807, 2.05) is 12.1 Å². The number of nitrogens with zero attached hydrogens (tertiary/aromatic N) is 2. The molecule has 1 aliphatic carbocycles. The van der Waals surface area contributed by atoms with E-state index in [1.54, 1.807) is 24.3 Å². The topological polar surface area (TPSA) is 90.9 Å². The molecule has 2 aromatic rings. The van der Waals surface area contributed by atoms with E-state index in [4.69, 9.17) is 0 Å². The lowest BCUT2D eigenvalue weighted by Gasteiger charge is -2.26. The number of anilines is 1. The van der Waals surface area contributed by atoms with E-state index in [-0.39, 0.29) is 30.2 Å². The SMILES string of the molecule is O=C(CC1SC(N2CCCC2)=NC1=O)Nc1ccc(C(=O)NC2CCCc3ccccc32)cc1. The number of aliphatic imine (C=N–C) groups is 1. The number of benzene rings is 2. The lowest BCUT2D eigenvalue weighted by molar-refractivity contribution is -0.121. The summed E-state index contributed by atoms with van der Waals surface area (Å²) in [6.45, 7) is 1.84. The van der Waals surface area contributed by atoms with Gasteiger partial charge in [0, 0.05) is 30.8 Å². The highest BCUT2D eigenvalue weighted by Crippen LogP contribution is 2.30. The summed E-state index contributed by atoms with van der Waals surface area (Å²) in [5.74, 6) is -0.600. The molecule has 176 valence electrons. The molecule has 2 heterocycles. The van der Waals surface area contributed by atoms with Gasteiger partial charge in [0.2, 0.25) is 5.91 Å². The van der Waals surface area contributed by atoms with Gasteiger partial charge in [0.15, 0.2) is 5.17 Å². The van der Waals surface area contributed by atoms with Crippen LogP contribution in [0.2, 0.25) is 0 Å². The Kier molecular flexibility index (Phi) is 6.67. The van der Waals surface area contributed by atoms with E-state index in [2.05, 4.69) is 32.7 Å². The number of thioether (sulfide) groups is 1. The molecule has 2 aromatic carbocycles. The summed E-state index contributed by atoms with van der Waals surface area (Å²) >= 11 is 1.39. The third-order valence-corrected chi connectivity index (χ3v) is 7.80. The monoisotopic (exact) mass is 476 g/mol. The standard InChI is InChI=1S/C26H28N4O3S/c31-23(16-22-25(33)29-26(34-22)30-14-3-4-15-30)27-19-12-10-18(11-13-19)24(32)28-21-9-5-7-17-6-1-2-8-20(17)21/h1-2,6,8,10-13,21-22H,3-5,7,9,14-16H2,(H,27,31)(H,28,32). The molecule has 3 amide bonds. The van der Waals surface area contributed by atoms with Gasteiger partial charge in [0.25, 0.3) is 11.8 Å². The van der Waals surface area contributed by atoms with Gasteiger partial charge < -0.3 is 15.5 Å². The lowest BCUT2D eigenvalue weighted by atomic mass is 9.87. The molecule has 3 aliphatic rings. The molecular weight excluding hydrogens is 448 g/mol. The predicted octanol–water partition coefficient (Wildman–Crippen LogP) is 3.92. The van der Waals surface area contributed by atoms with E-state index in [0.717, 1.165) is 50.4 Å². The van der Waals surface area contributed by atoms with Crippen LogP contribution in [0, 0.1) is 0 Å². The van der Waals surface area contributed by atoms with E-state index in [9.17, 15) is 14.4 Å². The number of rotatable bonds is 5. The number of carbonyl (C=O) groups excluding carboxylic acids is 3. The second-order valence-electron chi connectivity index (χ2n) is 8.98. The Morgan fingerprint density at radius 3 is 2.59 bits per heavy atom. The van der Waals surface area contributed by atoms with Crippen LogP contribution in [0.15, 0.2) is 53.5 Å². The zero-order valence-corrected chi connectivity index (χ0v) is 19.8. The van der Waals surface area contributed by atoms with Gasteiger partial charge in [-0.1, -0.05) is 36.0 Å². The van der Waals surface area contributed by atoms with Gasteiger partial charge in [-0.15, -0.1) is 0 Å². The summed E-state index contributed by atoms with van der Waals surface area (Å²) in [6.07, 6.45) is 5.33. The highest BCUT2D eigenvalue weighted by molar-refractivity contribution is 8.15. The fraction of sp³-hybridized carbons (Fsp3) is 0.385. The molecule has 2 unspecified atom stereocenters. The summed E-state index contributed by atoms with van der Waals surface area (Å²) in [4.78, 5) is 43.8. The molecule has 5 rings (SSSR count). The van der Waals surface area contributed by atoms with Crippen molar-refractivity contribution in [1.29, 1.82) is 0 Å². The Balaban J connectivity index is 1.14. The fourth-order valence-electron chi connectivity index (χ4n) is 4.78. The molecule has 7 nitrogen and oxygen atoms in total. The molecule has 2 atom stereocenters. The Morgan fingerprint density at radius 1 is 1.03 bits per heavy atom. The van der Waals surface area contributed by atoms with E-state index in [1.165, 1.54) is 22.9 Å². The molecule has 0 radical (unpaired) electrons. The van der Waals surface area contributed by atoms with E-state index >= 15 is 0 Å². The third kappa shape index (κ3) is 5.01. The Labute approximate surface area is 203 Å². The number of amidine groups is 1. The Hall–Kier alpha value is -3.13. The molecule has 34 heavy (non-hydrogen) atoms. The normalized spacial score (nSPS) is 21.7. The number of hydrogen-bond acceptors (Lipinski definition) is 5. The first-order valence-electron chi connectivity index (χ1n) is 11.9. The maximum atomic E-state index is 12.8. The average Bonchev–Trinajstić information content (AvgIpc) is 3.50. The van der Waals surface area contributed by atoms with Crippen LogP contribution in [-0.4, -0.2) is 46.1 Å². The second kappa shape index (κ2) is 10.0. The lowest BCUT2D eigenvalue weighted by Crippen LogP contribution is -2.31. The van der Waals surface area contributed by atoms with Crippen LogP contribution in [0.25, 0.3) is 0 Å². The number of fused-ring (bicyclic) bond motifs is 1. The molecule has 0 spiro atoms. The van der Waals surface area contributed by atoms with Crippen LogP contribution in [0.1, 0.15) is 59.6 Å². The van der Waals surface area contributed by atoms with Crippen molar-refractivity contribution >= 4 is 40.3 Å². The van der Waals surface area contributed by atoms with Crippen LogP contribution in [0.5, 0.6) is 0 Å². The van der Waals surface area contributed by atoms with Gasteiger partial charge in [-0.2, -0.15) is 4.99 Å². The minimum absolute atomic E-state index is 0.0194. The molecule has 8 heteroatoms. The first-order chi connectivity index (χ1) is 16.6. The average molecular weight is 477 g/mol. The van der Waals surface area contributed by atoms with Gasteiger partial charge in [0.05, 0.1) is 6.04 Å². The second-order valence-corrected chi connectivity index (χ2v) is 10.1. The largest absolute Gasteiger partial charge is 0.351 e. The van der Waals surface area contributed by atoms with Gasteiger partial charge in [-0.3, -0.25) is 14.4 Å². The Bertz CT molecular complexity index is 1130. The number of carbonyl (C=O) groups is 3. The number of amides is 3. The first kappa shape index (κ1) is 22.7. The highest BCUT2D eigenvalue weighted by Gasteiger charge is 2.33. The summed E-state index contributed by atoms with van der Waals surface area (Å²) in [5, 5.41) is 6.26. The van der Waals surface area contributed by atoms with Crippen molar-refractivity contribution in [2.75, 3.05) is 18.4 Å². The van der Waals surface area contributed by atoms with Crippen molar-refractivity contribution in [3.63, 3.8) is 0 Å². The minimum atomic E-state index is -0.473. The summed E-state index contributed by atoms with van der Waals surface area (Å²) < 4.78 is 0. The van der Waals surface area contributed by atoms with Crippen LogP contribution < -0.4 is 10.6 Å². The summed E-state index contributed by atoms with van der Waals surface area (Å²) in [7, 11) is 0. The quantitative estimate of drug-likeness (QED) is 0.683. The van der Waals surface area contributed by atoms with Gasteiger partial charge in [0.1, 0.15) is 5.25 Å². The van der Waals surface area contributed by atoms with Gasteiger partial charge in [-0.05, 0) is 67.5 Å². The van der Waals surface area contributed by atoms with Crippen molar-refractivity contribution in [3.8, 4) is 0 Å². The summed E-state index contributed by atoms with van der Waals surface area (Å²) in [6, 6.07) is 15.1. The number of nitrogens with one attached hydrogen (secondary N) is 2. The molecule has 1 fully saturated rings. The van der Waals surface area contributed by atoms with Crippen molar-refractivity contribution < 1.29 is 14.4 Å². The molecule has 0 bridgehead atoms. The van der Waals surface area contributed by atoms with Crippen molar-refractivity contribution in [2.45, 2.75) is 49.8 Å². The van der Waals surface area contributed by atoms with Gasteiger partial charge >= 0.3 is 0 Å². The fourth-order valence-corrected chi connectivity index (χ4v) is 5.90.